The lowest BCUT2D eigenvalue weighted by Gasteiger charge is -2.32. The molecule has 7 nitrogen and oxygen atoms in total. The summed E-state index contributed by atoms with van der Waals surface area (Å²) in [4.78, 5) is 32.3. The second kappa shape index (κ2) is 9.85. The van der Waals surface area contributed by atoms with Crippen molar-refractivity contribution in [2.24, 2.45) is 0 Å². The number of rotatable bonds is 5. The number of nitrogens with zero attached hydrogens (tertiary/aromatic N) is 1. The van der Waals surface area contributed by atoms with E-state index in [4.69, 9.17) is 4.98 Å². The number of piperazine rings is 1. The van der Waals surface area contributed by atoms with Crippen molar-refractivity contribution < 1.29 is 19.4 Å². The number of carbonyl (C=O) groups excluding carboxylic acids is 2. The molecular formula is C22H33N5O2S+2. The minimum Gasteiger partial charge on any atom is -0.335 e. The van der Waals surface area contributed by atoms with E-state index < -0.39 is 0 Å². The molecule has 4 rings (SSSR count). The highest BCUT2D eigenvalue weighted by Crippen LogP contribution is 2.20. The van der Waals surface area contributed by atoms with Crippen molar-refractivity contribution in [3.63, 3.8) is 0 Å². The zero-order chi connectivity index (χ0) is 20.9. The summed E-state index contributed by atoms with van der Waals surface area (Å²) in [5.41, 5.74) is 1.08. The maximum atomic E-state index is 12.6. The van der Waals surface area contributed by atoms with Crippen LogP contribution in [-0.2, 0) is 11.3 Å². The topological polar surface area (TPSA) is 80.0 Å². The van der Waals surface area contributed by atoms with Crippen LogP contribution in [0, 0.1) is 0 Å². The van der Waals surface area contributed by atoms with Crippen LogP contribution in [0.5, 0.6) is 0 Å². The number of hydrogen-bond donors (Lipinski definition) is 4. The molecule has 1 aliphatic heterocycles. The van der Waals surface area contributed by atoms with Crippen molar-refractivity contribution in [2.45, 2.75) is 57.7 Å². The summed E-state index contributed by atoms with van der Waals surface area (Å²) in [6.07, 6.45) is 5.59. The quantitative estimate of drug-likeness (QED) is 0.543. The highest BCUT2D eigenvalue weighted by atomic mass is 32.1. The van der Waals surface area contributed by atoms with Gasteiger partial charge in [0.15, 0.2) is 6.04 Å². The molecule has 0 unspecified atom stereocenters. The van der Waals surface area contributed by atoms with E-state index in [-0.39, 0.29) is 24.0 Å². The molecule has 0 spiro atoms. The third-order valence-electron chi connectivity index (χ3n) is 6.52. The van der Waals surface area contributed by atoms with Crippen LogP contribution in [0.25, 0.3) is 10.2 Å². The van der Waals surface area contributed by atoms with E-state index in [1.54, 1.807) is 11.3 Å². The summed E-state index contributed by atoms with van der Waals surface area (Å²) >= 11 is 1.78. The van der Waals surface area contributed by atoms with Crippen molar-refractivity contribution in [1.82, 2.24) is 15.6 Å². The van der Waals surface area contributed by atoms with Crippen LogP contribution < -0.4 is 20.4 Å². The normalized spacial score (nSPS) is 23.8. The first-order valence-electron chi connectivity index (χ1n) is 11.2. The lowest BCUT2D eigenvalue weighted by atomic mass is 9.96. The molecule has 2 heterocycles. The summed E-state index contributed by atoms with van der Waals surface area (Å²) in [6.45, 7) is 6.75. The number of amides is 3. The third kappa shape index (κ3) is 5.36. The first-order chi connectivity index (χ1) is 14.6. The van der Waals surface area contributed by atoms with Gasteiger partial charge in [0.05, 0.1) is 10.2 Å². The average Bonchev–Trinajstić information content (AvgIpc) is 3.16. The minimum atomic E-state index is -0.335. The Morgan fingerprint density at radius 1 is 1.13 bits per heavy atom. The summed E-state index contributed by atoms with van der Waals surface area (Å²) in [5, 5.41) is 6.71. The van der Waals surface area contributed by atoms with Crippen LogP contribution >= 0.6 is 11.3 Å². The number of nitrogens with one attached hydrogen (secondary N) is 4. The van der Waals surface area contributed by atoms with Crippen molar-refractivity contribution in [3.8, 4) is 0 Å². The summed E-state index contributed by atoms with van der Waals surface area (Å²) in [5.74, 6) is -0.173. The molecular weight excluding hydrogens is 398 g/mol. The first kappa shape index (κ1) is 21.2. The molecule has 2 fully saturated rings. The van der Waals surface area contributed by atoms with Crippen LogP contribution in [0.15, 0.2) is 24.3 Å². The molecule has 1 aliphatic carbocycles. The Balaban J connectivity index is 1.21. The van der Waals surface area contributed by atoms with E-state index in [2.05, 4.69) is 28.8 Å². The lowest BCUT2D eigenvalue weighted by Crippen LogP contribution is -3.29. The fourth-order valence-electron chi connectivity index (χ4n) is 4.62. The number of quaternary nitrogens is 2. The zero-order valence-electron chi connectivity index (χ0n) is 17.7. The lowest BCUT2D eigenvalue weighted by molar-refractivity contribution is -1.02. The van der Waals surface area contributed by atoms with E-state index in [0.717, 1.165) is 63.9 Å². The number of hydrogen-bond acceptors (Lipinski definition) is 4. The van der Waals surface area contributed by atoms with Crippen LogP contribution in [0.1, 0.15) is 44.0 Å². The number of para-hydroxylation sites is 1. The predicted molar refractivity (Wildman–Crippen MR) is 118 cm³/mol. The maximum absolute atomic E-state index is 12.6. The molecule has 4 N–H and O–H groups in total. The molecule has 2 aromatic rings. The van der Waals surface area contributed by atoms with Gasteiger partial charge < -0.3 is 15.1 Å². The van der Waals surface area contributed by atoms with Gasteiger partial charge in [0.1, 0.15) is 37.7 Å². The molecule has 3 amide bonds. The SMILES string of the molecule is C[C@@H](C(=O)NC(=O)NC1CCCCC1)[NH+]1CC[NH+](Cc2nc3ccccc3s2)CC1. The van der Waals surface area contributed by atoms with E-state index in [9.17, 15) is 9.59 Å². The standard InChI is InChI=1S/C22H31N5O2S/c1-16(21(28)25-22(29)23-17-7-3-2-4-8-17)27-13-11-26(12-14-27)15-20-24-18-9-5-6-10-19(18)30-20/h5-6,9-10,16-17H,2-4,7-8,11-15H2,1H3,(H2,23,25,28,29)/p+2/t16-/m0/s1. The number of aromatic nitrogens is 1. The molecule has 1 aromatic heterocycles. The molecule has 1 saturated heterocycles. The summed E-state index contributed by atoms with van der Waals surface area (Å²) in [7, 11) is 0. The molecule has 1 aromatic carbocycles. The predicted octanol–water partition coefficient (Wildman–Crippen LogP) is 0.127. The van der Waals surface area contributed by atoms with Crippen molar-refractivity contribution >= 4 is 33.5 Å². The highest BCUT2D eigenvalue weighted by Gasteiger charge is 2.32. The zero-order valence-corrected chi connectivity index (χ0v) is 18.5. The average molecular weight is 432 g/mol. The van der Waals surface area contributed by atoms with Crippen molar-refractivity contribution in [3.05, 3.63) is 29.3 Å². The number of benzene rings is 1. The second-order valence-corrected chi connectivity index (χ2v) is 9.79. The van der Waals surface area contributed by atoms with Gasteiger partial charge in [-0.15, -0.1) is 11.3 Å². The molecule has 1 saturated carbocycles. The fraction of sp³-hybridized carbons (Fsp3) is 0.591. The van der Waals surface area contributed by atoms with Gasteiger partial charge in [-0.2, -0.15) is 0 Å². The molecule has 162 valence electrons. The van der Waals surface area contributed by atoms with Crippen LogP contribution in [-0.4, -0.2) is 55.2 Å². The van der Waals surface area contributed by atoms with Gasteiger partial charge in [-0.1, -0.05) is 31.4 Å². The monoisotopic (exact) mass is 431 g/mol. The Bertz CT molecular complexity index is 838. The van der Waals surface area contributed by atoms with E-state index >= 15 is 0 Å². The number of imide groups is 1. The van der Waals surface area contributed by atoms with E-state index in [1.807, 2.05) is 13.0 Å². The fourth-order valence-corrected chi connectivity index (χ4v) is 5.66. The second-order valence-electron chi connectivity index (χ2n) is 8.68. The Morgan fingerprint density at radius 2 is 1.87 bits per heavy atom. The van der Waals surface area contributed by atoms with Gasteiger partial charge in [-0.05, 0) is 31.9 Å². The molecule has 8 heteroatoms. The molecule has 0 radical (unpaired) electrons. The maximum Gasteiger partial charge on any atom is 0.321 e. The molecule has 1 atom stereocenters. The Hall–Kier alpha value is -2.03. The van der Waals surface area contributed by atoms with Crippen molar-refractivity contribution in [1.29, 1.82) is 0 Å². The minimum absolute atomic E-state index is 0.173. The Kier molecular flexibility index (Phi) is 6.97. The number of thiazole rings is 1. The van der Waals surface area contributed by atoms with Gasteiger partial charge in [0.25, 0.3) is 5.91 Å². The number of urea groups is 1. The smallest absolute Gasteiger partial charge is 0.321 e. The summed E-state index contributed by atoms with van der Waals surface area (Å²) < 4.78 is 1.24. The van der Waals surface area contributed by atoms with E-state index in [1.165, 1.54) is 25.9 Å². The Labute approximate surface area is 181 Å². The van der Waals surface area contributed by atoms with Gasteiger partial charge in [-0.25, -0.2) is 9.78 Å². The van der Waals surface area contributed by atoms with Crippen LogP contribution in [0.2, 0.25) is 0 Å². The largest absolute Gasteiger partial charge is 0.335 e. The van der Waals surface area contributed by atoms with Gasteiger partial charge >= 0.3 is 6.03 Å². The third-order valence-corrected chi connectivity index (χ3v) is 7.56. The summed E-state index contributed by atoms with van der Waals surface area (Å²) in [6, 6.07) is 7.94. The Morgan fingerprint density at radius 3 is 2.60 bits per heavy atom. The van der Waals surface area contributed by atoms with Gasteiger partial charge in [0.2, 0.25) is 0 Å². The van der Waals surface area contributed by atoms with Gasteiger partial charge in [0, 0.05) is 6.04 Å². The van der Waals surface area contributed by atoms with Crippen LogP contribution in [0.4, 0.5) is 4.79 Å². The number of fused-ring (bicyclic) bond motifs is 1. The van der Waals surface area contributed by atoms with Crippen molar-refractivity contribution in [2.75, 3.05) is 26.2 Å². The van der Waals surface area contributed by atoms with Gasteiger partial charge in [-0.3, -0.25) is 10.1 Å². The first-order valence-corrected chi connectivity index (χ1v) is 12.0. The number of carbonyl (C=O) groups is 2. The van der Waals surface area contributed by atoms with E-state index in [0.29, 0.717) is 0 Å². The highest BCUT2D eigenvalue weighted by molar-refractivity contribution is 7.18. The van der Waals surface area contributed by atoms with Crippen LogP contribution in [0.3, 0.4) is 0 Å². The molecule has 30 heavy (non-hydrogen) atoms. The molecule has 2 aliphatic rings. The molecule has 0 bridgehead atoms.